The van der Waals surface area contributed by atoms with Crippen molar-refractivity contribution >= 4 is 11.3 Å². The Labute approximate surface area is 134 Å². The lowest BCUT2D eigenvalue weighted by atomic mass is 9.83. The van der Waals surface area contributed by atoms with Gasteiger partial charge in [0.1, 0.15) is 5.82 Å². The molecular formula is C16H22N4OS. The fraction of sp³-hybridized carbons (Fsp3) is 0.625. The lowest BCUT2D eigenvalue weighted by Gasteiger charge is -2.35. The first-order valence-corrected chi connectivity index (χ1v) is 8.90. The number of nitrogens with zero attached hydrogens (tertiary/aromatic N) is 3. The molecule has 2 aromatic heterocycles. The van der Waals surface area contributed by atoms with Crippen LogP contribution in [0.5, 0.6) is 0 Å². The zero-order valence-electron chi connectivity index (χ0n) is 12.9. The highest BCUT2D eigenvalue weighted by Gasteiger charge is 2.41. The largest absolute Gasteiger partial charge is 0.377 e. The minimum absolute atomic E-state index is 0.295. The molecule has 0 spiro atoms. The Morgan fingerprint density at radius 3 is 3.23 bits per heavy atom. The molecule has 5 nitrogen and oxygen atoms in total. The highest BCUT2D eigenvalue weighted by molar-refractivity contribution is 7.09. The number of hydrogen-bond donors (Lipinski definition) is 1. The summed E-state index contributed by atoms with van der Waals surface area (Å²) in [5.74, 6) is 3.11. The van der Waals surface area contributed by atoms with Crippen LogP contribution in [-0.2, 0) is 17.7 Å². The molecule has 4 rings (SSSR count). The van der Waals surface area contributed by atoms with Crippen LogP contribution in [0.15, 0.2) is 17.5 Å². The number of aromatic amines is 1. The quantitative estimate of drug-likeness (QED) is 0.939. The molecule has 2 aliphatic rings. The maximum absolute atomic E-state index is 6.08. The van der Waals surface area contributed by atoms with E-state index in [0.29, 0.717) is 17.9 Å². The van der Waals surface area contributed by atoms with Crippen LogP contribution < -0.4 is 0 Å². The predicted octanol–water partition coefficient (Wildman–Crippen LogP) is 2.25. The second-order valence-electron chi connectivity index (χ2n) is 6.44. The molecule has 0 aliphatic carbocycles. The van der Waals surface area contributed by atoms with Gasteiger partial charge in [0.2, 0.25) is 0 Å². The van der Waals surface area contributed by atoms with Crippen LogP contribution in [0.1, 0.15) is 22.9 Å². The van der Waals surface area contributed by atoms with E-state index in [4.69, 9.17) is 4.74 Å². The van der Waals surface area contributed by atoms with Gasteiger partial charge in [0, 0.05) is 30.3 Å². The van der Waals surface area contributed by atoms with Crippen LogP contribution in [0.2, 0.25) is 0 Å². The zero-order valence-corrected chi connectivity index (χ0v) is 13.7. The van der Waals surface area contributed by atoms with Crippen molar-refractivity contribution < 1.29 is 4.74 Å². The van der Waals surface area contributed by atoms with Crippen molar-refractivity contribution in [1.29, 1.82) is 0 Å². The van der Waals surface area contributed by atoms with Gasteiger partial charge in [0.15, 0.2) is 5.82 Å². The van der Waals surface area contributed by atoms with Crippen molar-refractivity contribution in [2.45, 2.75) is 32.4 Å². The van der Waals surface area contributed by atoms with Crippen LogP contribution in [0.4, 0.5) is 0 Å². The van der Waals surface area contributed by atoms with Crippen LogP contribution in [0.3, 0.4) is 0 Å². The van der Waals surface area contributed by atoms with E-state index in [9.17, 15) is 0 Å². The summed E-state index contributed by atoms with van der Waals surface area (Å²) in [7, 11) is 0. The molecular weight excluding hydrogens is 296 g/mol. The van der Waals surface area contributed by atoms with E-state index in [0.717, 1.165) is 37.8 Å². The fourth-order valence-electron chi connectivity index (χ4n) is 3.80. The maximum atomic E-state index is 6.08. The third kappa shape index (κ3) is 2.95. The smallest absolute Gasteiger partial charge is 0.153 e. The number of thiophene rings is 1. The number of aromatic nitrogens is 3. The van der Waals surface area contributed by atoms with Crippen molar-refractivity contribution in [2.24, 2.45) is 11.8 Å². The summed E-state index contributed by atoms with van der Waals surface area (Å²) < 4.78 is 6.08. The first kappa shape index (κ1) is 14.4. The molecule has 0 aromatic carbocycles. The van der Waals surface area contributed by atoms with E-state index in [2.05, 4.69) is 37.6 Å². The summed E-state index contributed by atoms with van der Waals surface area (Å²) in [4.78, 5) is 8.46. The zero-order chi connectivity index (χ0) is 14.9. The Kier molecular flexibility index (Phi) is 3.98. The topological polar surface area (TPSA) is 54.0 Å². The molecule has 0 bridgehead atoms. The van der Waals surface area contributed by atoms with Crippen LogP contribution in [-0.4, -0.2) is 45.9 Å². The molecule has 0 amide bonds. The minimum atomic E-state index is 0.295. The second-order valence-corrected chi connectivity index (χ2v) is 7.47. The van der Waals surface area contributed by atoms with E-state index < -0.39 is 0 Å². The third-order valence-electron chi connectivity index (χ3n) is 4.87. The summed E-state index contributed by atoms with van der Waals surface area (Å²) in [5.41, 5.74) is 0. The number of H-pyrrole nitrogens is 1. The SMILES string of the molecule is Cc1nc(C[C@@H]2OC[C@@H]3CN(Cc4cccs4)CC[C@@H]32)n[nH]1. The van der Waals surface area contributed by atoms with Gasteiger partial charge in [-0.15, -0.1) is 11.3 Å². The first-order chi connectivity index (χ1) is 10.8. The van der Waals surface area contributed by atoms with Gasteiger partial charge in [0.05, 0.1) is 12.7 Å². The van der Waals surface area contributed by atoms with Gasteiger partial charge in [-0.05, 0) is 37.3 Å². The normalized spacial score (nSPS) is 28.9. The standard InChI is InChI=1S/C16H22N4OS/c1-11-17-16(19-18-11)7-15-14-4-5-20(8-12(14)10-21-15)9-13-3-2-6-22-13/h2-3,6,12,14-15H,4-5,7-10H2,1H3,(H,17,18,19)/t12-,14-,15-/m0/s1. The van der Waals surface area contributed by atoms with Gasteiger partial charge in [-0.2, -0.15) is 5.10 Å². The first-order valence-electron chi connectivity index (χ1n) is 8.02. The number of rotatable bonds is 4. The lowest BCUT2D eigenvalue weighted by molar-refractivity contribution is 0.0835. The monoisotopic (exact) mass is 318 g/mol. The summed E-state index contributed by atoms with van der Waals surface area (Å²) in [6.07, 6.45) is 2.37. The van der Waals surface area contributed by atoms with E-state index in [1.54, 1.807) is 0 Å². The van der Waals surface area contributed by atoms with Crippen molar-refractivity contribution in [3.8, 4) is 0 Å². The van der Waals surface area contributed by atoms with Gasteiger partial charge in [-0.1, -0.05) is 6.07 Å². The average molecular weight is 318 g/mol. The molecule has 2 fully saturated rings. The Morgan fingerprint density at radius 2 is 2.45 bits per heavy atom. The number of nitrogens with one attached hydrogen (secondary N) is 1. The molecule has 1 N–H and O–H groups in total. The van der Waals surface area contributed by atoms with E-state index in [1.165, 1.54) is 17.8 Å². The molecule has 2 aliphatic heterocycles. The molecule has 2 saturated heterocycles. The Balaban J connectivity index is 1.35. The van der Waals surface area contributed by atoms with Gasteiger partial charge >= 0.3 is 0 Å². The molecule has 0 unspecified atom stereocenters. The second kappa shape index (κ2) is 6.10. The Morgan fingerprint density at radius 1 is 1.50 bits per heavy atom. The minimum Gasteiger partial charge on any atom is -0.377 e. The van der Waals surface area contributed by atoms with Crippen molar-refractivity contribution in [2.75, 3.05) is 19.7 Å². The molecule has 22 heavy (non-hydrogen) atoms. The highest BCUT2D eigenvalue weighted by atomic mass is 32.1. The number of fused-ring (bicyclic) bond motifs is 1. The maximum Gasteiger partial charge on any atom is 0.153 e. The molecule has 4 heterocycles. The van der Waals surface area contributed by atoms with E-state index in [-0.39, 0.29) is 0 Å². The molecule has 118 valence electrons. The number of hydrogen-bond acceptors (Lipinski definition) is 5. The van der Waals surface area contributed by atoms with E-state index >= 15 is 0 Å². The number of ether oxygens (including phenoxy) is 1. The van der Waals surface area contributed by atoms with Crippen molar-refractivity contribution in [1.82, 2.24) is 20.1 Å². The third-order valence-corrected chi connectivity index (χ3v) is 5.73. The summed E-state index contributed by atoms with van der Waals surface area (Å²) in [5, 5.41) is 9.34. The predicted molar refractivity (Wildman–Crippen MR) is 85.8 cm³/mol. The van der Waals surface area contributed by atoms with Crippen LogP contribution in [0, 0.1) is 18.8 Å². The van der Waals surface area contributed by atoms with Gasteiger partial charge in [-0.3, -0.25) is 10.00 Å². The Bertz CT molecular complexity index is 611. The fourth-order valence-corrected chi connectivity index (χ4v) is 4.55. The highest BCUT2D eigenvalue weighted by Crippen LogP contribution is 2.36. The summed E-state index contributed by atoms with van der Waals surface area (Å²) >= 11 is 1.85. The molecule has 0 saturated carbocycles. The van der Waals surface area contributed by atoms with Crippen LogP contribution >= 0.6 is 11.3 Å². The number of piperidine rings is 1. The van der Waals surface area contributed by atoms with Crippen LogP contribution in [0.25, 0.3) is 0 Å². The Hall–Kier alpha value is -1.24. The molecule has 3 atom stereocenters. The molecule has 0 radical (unpaired) electrons. The van der Waals surface area contributed by atoms with Crippen molar-refractivity contribution in [3.63, 3.8) is 0 Å². The molecule has 6 heteroatoms. The van der Waals surface area contributed by atoms with Gasteiger partial charge in [0.25, 0.3) is 0 Å². The lowest BCUT2D eigenvalue weighted by Crippen LogP contribution is -2.41. The van der Waals surface area contributed by atoms with E-state index in [1.807, 2.05) is 18.3 Å². The number of likely N-dealkylation sites (tertiary alicyclic amines) is 1. The van der Waals surface area contributed by atoms with Gasteiger partial charge < -0.3 is 4.74 Å². The summed E-state index contributed by atoms with van der Waals surface area (Å²) in [6, 6.07) is 4.37. The average Bonchev–Trinajstić information content (AvgIpc) is 3.23. The van der Waals surface area contributed by atoms with Gasteiger partial charge in [-0.25, -0.2) is 4.98 Å². The molecule has 2 aromatic rings. The summed E-state index contributed by atoms with van der Waals surface area (Å²) in [6.45, 7) is 6.25. The van der Waals surface area contributed by atoms with Crippen molar-refractivity contribution in [3.05, 3.63) is 34.0 Å². The number of aryl methyl sites for hydroxylation is 1.